The van der Waals surface area contributed by atoms with Crippen molar-refractivity contribution in [3.8, 4) is 5.75 Å². The molecule has 1 aliphatic heterocycles. The van der Waals surface area contributed by atoms with E-state index in [-0.39, 0.29) is 11.6 Å². The summed E-state index contributed by atoms with van der Waals surface area (Å²) < 4.78 is 5.38. The lowest BCUT2D eigenvalue weighted by molar-refractivity contribution is 0.0691. The number of para-hydroxylation sites is 1. The molecule has 0 saturated carbocycles. The first kappa shape index (κ1) is 8.87. The highest BCUT2D eigenvalue weighted by atomic mass is 16.5. The van der Waals surface area contributed by atoms with Crippen LogP contribution in [0.4, 0.5) is 5.69 Å². The van der Waals surface area contributed by atoms with Crippen molar-refractivity contribution in [2.75, 3.05) is 11.9 Å². The van der Waals surface area contributed by atoms with E-state index in [9.17, 15) is 4.79 Å². The first-order valence-electron chi connectivity index (χ1n) is 4.44. The van der Waals surface area contributed by atoms with Gasteiger partial charge in [0.1, 0.15) is 12.2 Å². The number of carboxylic acid groups (broad SMARTS) is 1. The summed E-state index contributed by atoms with van der Waals surface area (Å²) in [5.41, 5.74) is 0.963. The Morgan fingerprint density at radius 2 is 2.43 bits per heavy atom. The molecule has 0 fully saturated rings. The van der Waals surface area contributed by atoms with Crippen LogP contribution in [0.15, 0.2) is 18.2 Å². The van der Waals surface area contributed by atoms with Crippen LogP contribution in [-0.4, -0.2) is 23.7 Å². The van der Waals surface area contributed by atoms with Gasteiger partial charge in [-0.25, -0.2) is 4.79 Å². The Labute approximate surface area is 81.5 Å². The van der Waals surface area contributed by atoms with Crippen LogP contribution in [0.2, 0.25) is 0 Å². The van der Waals surface area contributed by atoms with Gasteiger partial charge in [0.2, 0.25) is 0 Å². The molecule has 0 radical (unpaired) electrons. The average Bonchev–Trinajstić information content (AvgIpc) is 2.16. The number of fused-ring (bicyclic) bond motifs is 1. The monoisotopic (exact) mass is 193 g/mol. The van der Waals surface area contributed by atoms with Crippen molar-refractivity contribution in [1.82, 2.24) is 0 Å². The summed E-state index contributed by atoms with van der Waals surface area (Å²) in [4.78, 5) is 10.8. The molecule has 0 saturated heterocycles. The van der Waals surface area contributed by atoms with Crippen molar-refractivity contribution in [2.24, 2.45) is 0 Å². The molecule has 1 aromatic rings. The van der Waals surface area contributed by atoms with Crippen molar-refractivity contribution in [2.45, 2.75) is 13.0 Å². The summed E-state index contributed by atoms with van der Waals surface area (Å²) in [5, 5.41) is 12.1. The van der Waals surface area contributed by atoms with Crippen LogP contribution in [0.1, 0.15) is 17.3 Å². The van der Waals surface area contributed by atoms with Gasteiger partial charge in [0.25, 0.3) is 0 Å². The van der Waals surface area contributed by atoms with Crippen LogP contribution >= 0.6 is 0 Å². The Balaban J connectivity index is 2.46. The second-order valence-electron chi connectivity index (χ2n) is 3.34. The predicted octanol–water partition coefficient (Wildman–Crippen LogP) is 1.58. The zero-order valence-corrected chi connectivity index (χ0v) is 7.78. The quantitative estimate of drug-likeness (QED) is 0.710. The van der Waals surface area contributed by atoms with E-state index >= 15 is 0 Å². The van der Waals surface area contributed by atoms with E-state index in [1.807, 2.05) is 13.0 Å². The fourth-order valence-corrected chi connectivity index (χ4v) is 1.49. The van der Waals surface area contributed by atoms with Crippen LogP contribution in [-0.2, 0) is 0 Å². The highest BCUT2D eigenvalue weighted by Crippen LogP contribution is 2.32. The van der Waals surface area contributed by atoms with Gasteiger partial charge in [-0.1, -0.05) is 6.07 Å². The number of rotatable bonds is 1. The first-order valence-corrected chi connectivity index (χ1v) is 4.44. The third-order valence-electron chi connectivity index (χ3n) is 2.13. The van der Waals surface area contributed by atoms with Gasteiger partial charge in [0.05, 0.1) is 11.7 Å². The Bertz CT molecular complexity index is 376. The van der Waals surface area contributed by atoms with E-state index in [1.165, 1.54) is 0 Å². The van der Waals surface area contributed by atoms with Crippen molar-refractivity contribution in [3.05, 3.63) is 23.8 Å². The van der Waals surface area contributed by atoms with Gasteiger partial charge in [0, 0.05) is 0 Å². The number of anilines is 1. The minimum absolute atomic E-state index is 0.210. The lowest BCUT2D eigenvalue weighted by Crippen LogP contribution is -2.29. The summed E-state index contributed by atoms with van der Waals surface area (Å²) in [7, 11) is 0. The molecule has 1 atom stereocenters. The molecule has 2 N–H and O–H groups in total. The second kappa shape index (κ2) is 3.21. The van der Waals surface area contributed by atoms with Gasteiger partial charge in [-0.3, -0.25) is 0 Å². The Kier molecular flexibility index (Phi) is 2.04. The van der Waals surface area contributed by atoms with Crippen molar-refractivity contribution < 1.29 is 14.6 Å². The van der Waals surface area contributed by atoms with E-state index in [4.69, 9.17) is 9.84 Å². The third kappa shape index (κ3) is 1.39. The predicted molar refractivity (Wildman–Crippen MR) is 52.0 cm³/mol. The van der Waals surface area contributed by atoms with Gasteiger partial charge in [0.15, 0.2) is 5.75 Å². The van der Waals surface area contributed by atoms with Gasteiger partial charge in [-0.15, -0.1) is 0 Å². The number of hydrogen-bond acceptors (Lipinski definition) is 3. The molecule has 1 aliphatic rings. The maximum atomic E-state index is 10.8. The van der Waals surface area contributed by atoms with Crippen molar-refractivity contribution in [1.29, 1.82) is 0 Å². The molecule has 0 aromatic heterocycles. The number of benzene rings is 1. The van der Waals surface area contributed by atoms with Gasteiger partial charge in [-0.05, 0) is 19.1 Å². The minimum Gasteiger partial charge on any atom is -0.488 e. The number of hydrogen-bond donors (Lipinski definition) is 2. The molecule has 2 rings (SSSR count). The number of ether oxygens (including phenoxy) is 1. The molecule has 4 heteroatoms. The molecule has 14 heavy (non-hydrogen) atoms. The maximum Gasteiger partial charge on any atom is 0.339 e. The zero-order chi connectivity index (χ0) is 10.1. The molecule has 0 bridgehead atoms. The number of carbonyl (C=O) groups is 1. The molecule has 0 aliphatic carbocycles. The van der Waals surface area contributed by atoms with Gasteiger partial charge < -0.3 is 15.2 Å². The molecule has 1 heterocycles. The molecule has 1 unspecified atom stereocenters. The summed E-state index contributed by atoms with van der Waals surface area (Å²) in [6.07, 6.45) is 0. The highest BCUT2D eigenvalue weighted by Gasteiger charge is 2.20. The standard InChI is InChI=1S/C10H11NO3/c1-6-5-14-9-7(10(12)13)3-2-4-8(9)11-6/h2-4,6,11H,5H2,1H3,(H,12,13). The topological polar surface area (TPSA) is 58.6 Å². The van der Waals surface area contributed by atoms with Gasteiger partial charge in [-0.2, -0.15) is 0 Å². The average molecular weight is 193 g/mol. The largest absolute Gasteiger partial charge is 0.488 e. The molecular formula is C10H11NO3. The van der Waals surface area contributed by atoms with E-state index in [1.54, 1.807) is 12.1 Å². The molecular weight excluding hydrogens is 182 g/mol. The normalized spacial score (nSPS) is 19.1. The Morgan fingerprint density at radius 3 is 3.14 bits per heavy atom. The molecule has 0 spiro atoms. The lowest BCUT2D eigenvalue weighted by Gasteiger charge is -2.25. The Morgan fingerprint density at radius 1 is 1.64 bits per heavy atom. The SMILES string of the molecule is CC1COc2c(cccc2C(=O)O)N1. The summed E-state index contributed by atoms with van der Waals surface area (Å²) in [6, 6.07) is 5.28. The van der Waals surface area contributed by atoms with E-state index in [0.717, 1.165) is 5.69 Å². The van der Waals surface area contributed by atoms with Crippen LogP contribution in [0.3, 0.4) is 0 Å². The summed E-state index contributed by atoms with van der Waals surface area (Å²) in [6.45, 7) is 2.48. The van der Waals surface area contributed by atoms with Gasteiger partial charge >= 0.3 is 5.97 Å². The minimum atomic E-state index is -0.960. The van der Waals surface area contributed by atoms with Crippen LogP contribution in [0.25, 0.3) is 0 Å². The third-order valence-corrected chi connectivity index (χ3v) is 2.13. The van der Waals surface area contributed by atoms with Crippen LogP contribution in [0, 0.1) is 0 Å². The van der Waals surface area contributed by atoms with Crippen molar-refractivity contribution in [3.63, 3.8) is 0 Å². The van der Waals surface area contributed by atoms with Crippen molar-refractivity contribution >= 4 is 11.7 Å². The fraction of sp³-hybridized carbons (Fsp3) is 0.300. The zero-order valence-electron chi connectivity index (χ0n) is 7.78. The first-order chi connectivity index (χ1) is 6.68. The van der Waals surface area contributed by atoms with E-state index in [2.05, 4.69) is 5.32 Å². The summed E-state index contributed by atoms with van der Waals surface area (Å²) >= 11 is 0. The second-order valence-corrected chi connectivity index (χ2v) is 3.34. The summed E-state index contributed by atoms with van der Waals surface area (Å²) in [5.74, 6) is -0.517. The molecule has 1 aromatic carbocycles. The number of carboxylic acids is 1. The smallest absolute Gasteiger partial charge is 0.339 e. The lowest BCUT2D eigenvalue weighted by atomic mass is 10.1. The number of nitrogens with one attached hydrogen (secondary N) is 1. The number of aromatic carboxylic acids is 1. The van der Waals surface area contributed by atoms with E-state index in [0.29, 0.717) is 12.4 Å². The Hall–Kier alpha value is -1.71. The van der Waals surface area contributed by atoms with E-state index < -0.39 is 5.97 Å². The highest BCUT2D eigenvalue weighted by molar-refractivity contribution is 5.93. The van der Waals surface area contributed by atoms with Crippen LogP contribution in [0.5, 0.6) is 5.75 Å². The molecule has 4 nitrogen and oxygen atoms in total. The molecule has 74 valence electrons. The maximum absolute atomic E-state index is 10.8. The fourth-order valence-electron chi connectivity index (χ4n) is 1.49. The molecule has 0 amide bonds. The van der Waals surface area contributed by atoms with Crippen LogP contribution < -0.4 is 10.1 Å².